The van der Waals surface area contributed by atoms with Crippen LogP contribution in [0.1, 0.15) is 57.4 Å². The molecule has 6 nitrogen and oxygen atoms in total. The molecular weight excluding hydrogens is 324 g/mol. The quantitative estimate of drug-likeness (QED) is 0.366. The van der Waals surface area contributed by atoms with E-state index in [9.17, 15) is 0 Å². The minimum atomic E-state index is 0.709. The molecule has 0 fully saturated rings. The van der Waals surface area contributed by atoms with Crippen LogP contribution < -0.4 is 10.6 Å². The van der Waals surface area contributed by atoms with E-state index in [4.69, 9.17) is 0 Å². The molecule has 0 bridgehead atoms. The minimum Gasteiger partial charge on any atom is -0.356 e. The molecule has 0 atom stereocenters. The number of guanidine groups is 1. The molecule has 2 rings (SSSR count). The van der Waals surface area contributed by atoms with Crippen molar-refractivity contribution < 1.29 is 0 Å². The van der Waals surface area contributed by atoms with Gasteiger partial charge in [-0.05, 0) is 24.1 Å². The first-order valence-corrected chi connectivity index (χ1v) is 9.71. The van der Waals surface area contributed by atoms with E-state index in [-0.39, 0.29) is 0 Å². The van der Waals surface area contributed by atoms with Crippen LogP contribution in [-0.4, -0.2) is 34.1 Å². The number of rotatable bonds is 11. The highest BCUT2D eigenvalue weighted by Gasteiger charge is 2.01. The van der Waals surface area contributed by atoms with Gasteiger partial charge < -0.3 is 10.6 Å². The smallest absolute Gasteiger partial charge is 0.191 e. The maximum Gasteiger partial charge on any atom is 0.191 e. The van der Waals surface area contributed by atoms with Gasteiger partial charge in [-0.15, -0.1) is 0 Å². The molecule has 0 aliphatic carbocycles. The van der Waals surface area contributed by atoms with Crippen LogP contribution in [0.25, 0.3) is 5.82 Å². The minimum absolute atomic E-state index is 0.709. The molecule has 2 heterocycles. The monoisotopic (exact) mass is 356 g/mol. The van der Waals surface area contributed by atoms with E-state index < -0.39 is 0 Å². The molecule has 2 aromatic rings. The van der Waals surface area contributed by atoms with Crippen molar-refractivity contribution in [1.29, 1.82) is 0 Å². The van der Waals surface area contributed by atoms with Crippen molar-refractivity contribution in [2.45, 2.75) is 58.4 Å². The van der Waals surface area contributed by atoms with E-state index in [1.54, 1.807) is 12.5 Å². The molecule has 0 radical (unpaired) electrons. The molecule has 0 aliphatic rings. The fourth-order valence-electron chi connectivity index (χ4n) is 2.80. The van der Waals surface area contributed by atoms with Crippen LogP contribution in [0.2, 0.25) is 0 Å². The van der Waals surface area contributed by atoms with E-state index in [0.29, 0.717) is 6.54 Å². The van der Waals surface area contributed by atoms with Gasteiger partial charge in [0.2, 0.25) is 0 Å². The number of pyridine rings is 1. The third-order valence-electron chi connectivity index (χ3n) is 4.34. The molecule has 142 valence electrons. The van der Waals surface area contributed by atoms with Gasteiger partial charge >= 0.3 is 0 Å². The van der Waals surface area contributed by atoms with Gasteiger partial charge in [-0.2, -0.15) is 0 Å². The van der Waals surface area contributed by atoms with Gasteiger partial charge in [-0.1, -0.05) is 45.4 Å². The second-order valence-corrected chi connectivity index (χ2v) is 6.47. The number of nitrogens with zero attached hydrogens (tertiary/aromatic N) is 4. The Hall–Kier alpha value is -2.37. The lowest BCUT2D eigenvalue weighted by Gasteiger charge is -2.12. The van der Waals surface area contributed by atoms with Crippen molar-refractivity contribution >= 4 is 5.96 Å². The standard InChI is InChI=1S/C20H32N6/c1-3-4-5-6-7-8-9-11-24-20(21-2)25-16-18-10-12-23-19(15-18)26-14-13-22-17-26/h10,12-15,17H,3-9,11,16H2,1-2H3,(H2,21,24,25). The fraction of sp³-hybridized carbons (Fsp3) is 0.550. The SMILES string of the molecule is CCCCCCCCCNC(=NC)NCc1ccnc(-n2ccnc2)c1. The molecule has 0 saturated heterocycles. The van der Waals surface area contributed by atoms with Crippen LogP contribution >= 0.6 is 0 Å². The normalized spacial score (nSPS) is 11.5. The second kappa shape index (κ2) is 12.1. The van der Waals surface area contributed by atoms with Crippen molar-refractivity contribution in [2.24, 2.45) is 4.99 Å². The highest BCUT2D eigenvalue weighted by molar-refractivity contribution is 5.79. The van der Waals surface area contributed by atoms with Gasteiger partial charge in [0.25, 0.3) is 0 Å². The van der Waals surface area contributed by atoms with Gasteiger partial charge in [-0.25, -0.2) is 9.97 Å². The van der Waals surface area contributed by atoms with E-state index in [1.165, 1.54) is 44.9 Å². The third kappa shape index (κ3) is 7.25. The van der Waals surface area contributed by atoms with Crippen LogP contribution in [0.4, 0.5) is 0 Å². The van der Waals surface area contributed by atoms with E-state index in [0.717, 1.165) is 23.9 Å². The summed E-state index contributed by atoms with van der Waals surface area (Å²) in [5.74, 6) is 1.71. The lowest BCUT2D eigenvalue weighted by Crippen LogP contribution is -2.37. The summed E-state index contributed by atoms with van der Waals surface area (Å²) < 4.78 is 1.90. The van der Waals surface area contributed by atoms with Crippen LogP contribution in [0, 0.1) is 0 Å². The summed E-state index contributed by atoms with van der Waals surface area (Å²) in [5.41, 5.74) is 1.16. The summed E-state index contributed by atoms with van der Waals surface area (Å²) >= 11 is 0. The number of hydrogen-bond acceptors (Lipinski definition) is 3. The van der Waals surface area contributed by atoms with Gasteiger partial charge in [-0.3, -0.25) is 9.56 Å². The van der Waals surface area contributed by atoms with Crippen LogP contribution in [0.3, 0.4) is 0 Å². The van der Waals surface area contributed by atoms with Crippen molar-refractivity contribution in [2.75, 3.05) is 13.6 Å². The first-order valence-electron chi connectivity index (χ1n) is 9.71. The average molecular weight is 357 g/mol. The Morgan fingerprint density at radius 3 is 2.62 bits per heavy atom. The van der Waals surface area contributed by atoms with Crippen molar-refractivity contribution in [3.8, 4) is 5.82 Å². The first-order chi connectivity index (χ1) is 12.8. The Kier molecular flexibility index (Phi) is 9.25. The van der Waals surface area contributed by atoms with Crippen LogP contribution in [-0.2, 0) is 6.54 Å². The summed E-state index contributed by atoms with van der Waals surface area (Å²) in [6.07, 6.45) is 16.4. The van der Waals surface area contributed by atoms with Gasteiger partial charge in [0.05, 0.1) is 0 Å². The summed E-state index contributed by atoms with van der Waals surface area (Å²) in [6, 6.07) is 4.06. The summed E-state index contributed by atoms with van der Waals surface area (Å²) in [6.45, 7) is 3.93. The molecule has 2 N–H and O–H groups in total. The number of hydrogen-bond donors (Lipinski definition) is 2. The molecule has 0 aliphatic heterocycles. The number of unbranched alkanes of at least 4 members (excludes halogenated alkanes) is 6. The van der Waals surface area contributed by atoms with Crippen molar-refractivity contribution in [1.82, 2.24) is 25.2 Å². The van der Waals surface area contributed by atoms with Crippen LogP contribution in [0.15, 0.2) is 42.0 Å². The highest BCUT2D eigenvalue weighted by Crippen LogP contribution is 2.07. The molecule has 6 heteroatoms. The zero-order chi connectivity index (χ0) is 18.5. The molecule has 0 aromatic carbocycles. The molecule has 0 saturated carbocycles. The van der Waals surface area contributed by atoms with Gasteiger partial charge in [0.1, 0.15) is 12.1 Å². The van der Waals surface area contributed by atoms with E-state index in [1.807, 2.05) is 30.1 Å². The first kappa shape index (κ1) is 19.9. The van der Waals surface area contributed by atoms with Gasteiger partial charge in [0.15, 0.2) is 5.96 Å². The van der Waals surface area contributed by atoms with Crippen LogP contribution in [0.5, 0.6) is 0 Å². The lowest BCUT2D eigenvalue weighted by atomic mass is 10.1. The number of nitrogens with one attached hydrogen (secondary N) is 2. The van der Waals surface area contributed by atoms with Crippen molar-refractivity contribution in [3.63, 3.8) is 0 Å². The summed E-state index contributed by atoms with van der Waals surface area (Å²) in [5, 5.41) is 6.76. The third-order valence-corrected chi connectivity index (χ3v) is 4.34. The molecule has 0 amide bonds. The molecule has 0 unspecified atom stereocenters. The number of aliphatic imine (C=N–C) groups is 1. The molecular formula is C20H32N6. The predicted molar refractivity (Wildman–Crippen MR) is 108 cm³/mol. The predicted octanol–water partition coefficient (Wildman–Crippen LogP) is 3.68. The fourth-order valence-corrected chi connectivity index (χ4v) is 2.80. The number of aromatic nitrogens is 3. The Labute approximate surface area is 157 Å². The largest absolute Gasteiger partial charge is 0.356 e. The zero-order valence-electron chi connectivity index (χ0n) is 16.1. The summed E-state index contributed by atoms with van der Waals surface area (Å²) in [4.78, 5) is 12.7. The average Bonchev–Trinajstić information content (AvgIpc) is 3.21. The molecule has 0 spiro atoms. The Morgan fingerprint density at radius 1 is 1.08 bits per heavy atom. The van der Waals surface area contributed by atoms with E-state index >= 15 is 0 Å². The Balaban J connectivity index is 1.66. The van der Waals surface area contributed by atoms with Gasteiger partial charge in [0, 0.05) is 38.7 Å². The highest BCUT2D eigenvalue weighted by atomic mass is 15.2. The zero-order valence-corrected chi connectivity index (χ0v) is 16.1. The Morgan fingerprint density at radius 2 is 1.88 bits per heavy atom. The topological polar surface area (TPSA) is 67.1 Å². The number of imidazole rings is 1. The Bertz CT molecular complexity index is 636. The van der Waals surface area contributed by atoms with Crippen molar-refractivity contribution in [3.05, 3.63) is 42.6 Å². The molecule has 26 heavy (non-hydrogen) atoms. The lowest BCUT2D eigenvalue weighted by molar-refractivity contribution is 0.583. The second-order valence-electron chi connectivity index (χ2n) is 6.47. The van der Waals surface area contributed by atoms with E-state index in [2.05, 4.69) is 38.6 Å². The summed E-state index contributed by atoms with van der Waals surface area (Å²) in [7, 11) is 1.81. The maximum atomic E-state index is 4.38. The molecule has 2 aromatic heterocycles. The maximum absolute atomic E-state index is 4.38.